The molecule has 0 unspecified atom stereocenters. The van der Waals surface area contributed by atoms with Crippen LogP contribution in [-0.2, 0) is 17.9 Å². The predicted octanol–water partition coefficient (Wildman–Crippen LogP) is 2.82. The van der Waals surface area contributed by atoms with Gasteiger partial charge in [-0.1, -0.05) is 29.8 Å². The van der Waals surface area contributed by atoms with Gasteiger partial charge in [-0.2, -0.15) is 0 Å². The first-order valence-electron chi connectivity index (χ1n) is 9.60. The lowest BCUT2D eigenvalue weighted by Gasteiger charge is -2.07. The van der Waals surface area contributed by atoms with Crippen LogP contribution in [0.1, 0.15) is 11.1 Å². The third kappa shape index (κ3) is 3.82. The number of amides is 1. The van der Waals surface area contributed by atoms with Gasteiger partial charge in [-0.15, -0.1) is 0 Å². The maximum atomic E-state index is 13.2. The standard InChI is InChI=1S/C23H22N4O3/c1-16-8-10-18(11-9-16)27-22-20(7-4-12-24-22)26(23(27)29)15-21(28)25-14-17-5-3-6-19(13-17)30-2/h3-13H,14-15H2,1-2H3,(H,25,28). The summed E-state index contributed by atoms with van der Waals surface area (Å²) >= 11 is 0. The number of nitrogens with one attached hydrogen (secondary N) is 1. The Morgan fingerprint density at radius 2 is 1.90 bits per heavy atom. The van der Waals surface area contributed by atoms with Gasteiger partial charge in [0, 0.05) is 12.7 Å². The molecule has 2 aromatic carbocycles. The highest BCUT2D eigenvalue weighted by atomic mass is 16.5. The van der Waals surface area contributed by atoms with Gasteiger partial charge < -0.3 is 10.1 Å². The second-order valence-electron chi connectivity index (χ2n) is 7.01. The number of benzene rings is 2. The SMILES string of the molecule is COc1cccc(CNC(=O)Cn2c(=O)n(-c3ccc(C)cc3)c3ncccc32)c1. The summed E-state index contributed by atoms with van der Waals surface area (Å²) in [5.74, 6) is 0.469. The Morgan fingerprint density at radius 1 is 1.10 bits per heavy atom. The van der Waals surface area contributed by atoms with Gasteiger partial charge in [0.2, 0.25) is 5.91 Å². The Kier molecular flexibility index (Phi) is 5.34. The van der Waals surface area contributed by atoms with Gasteiger partial charge in [-0.05, 0) is 48.9 Å². The second kappa shape index (κ2) is 8.24. The number of fused-ring (bicyclic) bond motifs is 1. The van der Waals surface area contributed by atoms with Crippen LogP contribution in [0.2, 0.25) is 0 Å². The first-order chi connectivity index (χ1) is 14.6. The molecule has 2 heterocycles. The van der Waals surface area contributed by atoms with Crippen molar-refractivity contribution >= 4 is 17.1 Å². The molecule has 2 aromatic heterocycles. The lowest BCUT2D eigenvalue weighted by atomic mass is 10.2. The summed E-state index contributed by atoms with van der Waals surface area (Å²) in [6, 6.07) is 18.7. The molecule has 0 radical (unpaired) electrons. The molecule has 4 rings (SSSR count). The number of methoxy groups -OCH3 is 1. The molecule has 0 atom stereocenters. The fourth-order valence-corrected chi connectivity index (χ4v) is 3.35. The molecule has 0 saturated heterocycles. The van der Waals surface area contributed by atoms with Crippen LogP contribution < -0.4 is 15.7 Å². The van der Waals surface area contributed by atoms with E-state index in [-0.39, 0.29) is 18.1 Å². The Labute approximate surface area is 173 Å². The van der Waals surface area contributed by atoms with Crippen LogP contribution in [0.5, 0.6) is 5.75 Å². The van der Waals surface area contributed by atoms with E-state index in [1.807, 2.05) is 55.5 Å². The van der Waals surface area contributed by atoms with Crippen molar-refractivity contribution in [1.82, 2.24) is 19.4 Å². The summed E-state index contributed by atoms with van der Waals surface area (Å²) in [6.07, 6.45) is 1.64. The van der Waals surface area contributed by atoms with Crippen molar-refractivity contribution in [2.75, 3.05) is 7.11 Å². The predicted molar refractivity (Wildman–Crippen MR) is 115 cm³/mol. The van der Waals surface area contributed by atoms with Gasteiger partial charge in [0.1, 0.15) is 12.3 Å². The number of aromatic nitrogens is 3. The van der Waals surface area contributed by atoms with Gasteiger partial charge in [-0.3, -0.25) is 9.36 Å². The minimum absolute atomic E-state index is 0.0934. The number of imidazole rings is 1. The van der Waals surface area contributed by atoms with Gasteiger partial charge in [0.05, 0.1) is 18.3 Å². The number of hydrogen-bond acceptors (Lipinski definition) is 4. The zero-order valence-corrected chi connectivity index (χ0v) is 16.8. The third-order valence-electron chi connectivity index (χ3n) is 4.91. The number of rotatable bonds is 6. The summed E-state index contributed by atoms with van der Waals surface area (Å²) in [4.78, 5) is 30.1. The fraction of sp³-hybridized carbons (Fsp3) is 0.174. The molecular formula is C23H22N4O3. The van der Waals surface area contributed by atoms with E-state index in [1.165, 1.54) is 9.13 Å². The van der Waals surface area contributed by atoms with Crippen LogP contribution in [0.25, 0.3) is 16.9 Å². The summed E-state index contributed by atoms with van der Waals surface area (Å²) in [7, 11) is 1.60. The molecule has 30 heavy (non-hydrogen) atoms. The normalized spacial score (nSPS) is 10.9. The summed E-state index contributed by atoms with van der Waals surface area (Å²) < 4.78 is 8.18. The van der Waals surface area contributed by atoms with Gasteiger partial charge in [-0.25, -0.2) is 14.3 Å². The first kappa shape index (κ1) is 19.4. The average Bonchev–Trinajstić information content (AvgIpc) is 3.04. The minimum Gasteiger partial charge on any atom is -0.497 e. The second-order valence-corrected chi connectivity index (χ2v) is 7.01. The fourth-order valence-electron chi connectivity index (χ4n) is 3.35. The Balaban J connectivity index is 1.61. The van der Waals surface area contributed by atoms with E-state index in [0.717, 1.165) is 16.9 Å². The minimum atomic E-state index is -0.302. The monoisotopic (exact) mass is 402 g/mol. The highest BCUT2D eigenvalue weighted by Crippen LogP contribution is 2.16. The molecule has 0 aliphatic rings. The number of ether oxygens (including phenoxy) is 1. The van der Waals surface area contributed by atoms with Gasteiger partial charge >= 0.3 is 5.69 Å². The number of pyridine rings is 1. The van der Waals surface area contributed by atoms with E-state index < -0.39 is 0 Å². The first-order valence-corrected chi connectivity index (χ1v) is 9.60. The van der Waals surface area contributed by atoms with Crippen molar-refractivity contribution in [2.45, 2.75) is 20.0 Å². The van der Waals surface area contributed by atoms with Crippen LogP contribution in [0, 0.1) is 6.92 Å². The molecule has 1 amide bonds. The van der Waals surface area contributed by atoms with E-state index >= 15 is 0 Å². The zero-order chi connectivity index (χ0) is 21.1. The lowest BCUT2D eigenvalue weighted by molar-refractivity contribution is -0.121. The maximum absolute atomic E-state index is 13.2. The quantitative estimate of drug-likeness (QED) is 0.538. The van der Waals surface area contributed by atoms with Crippen molar-refractivity contribution in [1.29, 1.82) is 0 Å². The van der Waals surface area contributed by atoms with E-state index in [1.54, 1.807) is 25.4 Å². The molecule has 0 spiro atoms. The number of aryl methyl sites for hydroxylation is 1. The summed E-state index contributed by atoms with van der Waals surface area (Å²) in [6.45, 7) is 2.24. The van der Waals surface area contributed by atoms with Gasteiger partial charge in [0.25, 0.3) is 0 Å². The number of nitrogens with zero attached hydrogens (tertiary/aromatic N) is 3. The molecule has 0 fully saturated rings. The van der Waals surface area contributed by atoms with E-state index in [9.17, 15) is 9.59 Å². The smallest absolute Gasteiger partial charge is 0.335 e. The zero-order valence-electron chi connectivity index (χ0n) is 16.8. The average molecular weight is 402 g/mol. The molecule has 0 aliphatic carbocycles. The Morgan fingerprint density at radius 3 is 2.67 bits per heavy atom. The highest BCUT2D eigenvalue weighted by Gasteiger charge is 2.17. The largest absolute Gasteiger partial charge is 0.497 e. The summed E-state index contributed by atoms with van der Waals surface area (Å²) in [5.41, 5.74) is 3.56. The summed E-state index contributed by atoms with van der Waals surface area (Å²) in [5, 5.41) is 2.86. The number of carbonyl (C=O) groups is 1. The number of hydrogen-bond donors (Lipinski definition) is 1. The molecule has 7 nitrogen and oxygen atoms in total. The molecule has 0 bridgehead atoms. The molecular weight excluding hydrogens is 380 g/mol. The maximum Gasteiger partial charge on any atom is 0.335 e. The van der Waals surface area contributed by atoms with E-state index in [4.69, 9.17) is 4.74 Å². The third-order valence-corrected chi connectivity index (χ3v) is 4.91. The van der Waals surface area contributed by atoms with E-state index in [2.05, 4.69) is 10.3 Å². The molecule has 1 N–H and O–H groups in total. The van der Waals surface area contributed by atoms with Crippen LogP contribution in [-0.4, -0.2) is 27.1 Å². The molecule has 0 aliphatic heterocycles. The lowest BCUT2D eigenvalue weighted by Crippen LogP contribution is -2.32. The number of carbonyl (C=O) groups excluding carboxylic acids is 1. The van der Waals surface area contributed by atoms with Crippen LogP contribution in [0.4, 0.5) is 0 Å². The van der Waals surface area contributed by atoms with Crippen molar-refractivity contribution in [3.63, 3.8) is 0 Å². The van der Waals surface area contributed by atoms with Gasteiger partial charge in [0.15, 0.2) is 5.65 Å². The molecule has 152 valence electrons. The van der Waals surface area contributed by atoms with Crippen molar-refractivity contribution in [3.05, 3.63) is 88.5 Å². The Hall–Kier alpha value is -3.87. The molecule has 0 saturated carbocycles. The molecule has 7 heteroatoms. The van der Waals surface area contributed by atoms with Crippen LogP contribution in [0.3, 0.4) is 0 Å². The van der Waals surface area contributed by atoms with E-state index in [0.29, 0.717) is 23.4 Å². The highest BCUT2D eigenvalue weighted by molar-refractivity contribution is 5.80. The topological polar surface area (TPSA) is 78.1 Å². The van der Waals surface area contributed by atoms with Crippen molar-refractivity contribution in [3.8, 4) is 11.4 Å². The molecule has 4 aromatic rings. The van der Waals surface area contributed by atoms with Crippen LogP contribution >= 0.6 is 0 Å². The Bertz CT molecular complexity index is 1260. The van der Waals surface area contributed by atoms with Crippen molar-refractivity contribution < 1.29 is 9.53 Å². The van der Waals surface area contributed by atoms with Crippen LogP contribution in [0.15, 0.2) is 71.7 Å². The van der Waals surface area contributed by atoms with Crippen molar-refractivity contribution in [2.24, 2.45) is 0 Å².